The van der Waals surface area contributed by atoms with Crippen molar-refractivity contribution in [2.24, 2.45) is 5.92 Å². The second-order valence-corrected chi connectivity index (χ2v) is 16.8. The van der Waals surface area contributed by atoms with Crippen LogP contribution in [-0.4, -0.2) is 52.2 Å². The number of nitrogens with zero attached hydrogens (tertiary/aromatic N) is 1. The molecule has 9 heteroatoms. The molecular weight excluding hydrogens is 701 g/mol. The van der Waals surface area contributed by atoms with Gasteiger partial charge in [0.15, 0.2) is 6.29 Å². The van der Waals surface area contributed by atoms with Gasteiger partial charge in [-0.2, -0.15) is 0 Å². The summed E-state index contributed by atoms with van der Waals surface area (Å²) in [5.41, 5.74) is 6.64. The summed E-state index contributed by atoms with van der Waals surface area (Å²) in [6, 6.07) is 34.3. The number of fused-ring (bicyclic) bond motifs is 1. The number of piperidine rings is 1. The van der Waals surface area contributed by atoms with Gasteiger partial charge in [0.1, 0.15) is 0 Å². The molecule has 2 heterocycles. The lowest BCUT2D eigenvalue weighted by Gasteiger charge is -2.50. The number of hydrogen-bond donors (Lipinski definition) is 4. The highest BCUT2D eigenvalue weighted by Crippen LogP contribution is 2.42. The van der Waals surface area contributed by atoms with Crippen LogP contribution in [0.4, 0.5) is 4.79 Å². The molecule has 3 aliphatic rings. The molecule has 7 rings (SSSR count). The number of carbonyl (C=O) groups is 2. The van der Waals surface area contributed by atoms with E-state index in [1.54, 1.807) is 0 Å². The minimum absolute atomic E-state index is 0.0112. The molecule has 1 saturated carbocycles. The Labute approximate surface area is 332 Å². The van der Waals surface area contributed by atoms with Crippen molar-refractivity contribution in [3.05, 3.63) is 131 Å². The normalized spacial score (nSPS) is 24.1. The van der Waals surface area contributed by atoms with E-state index < -0.39 is 6.29 Å². The van der Waals surface area contributed by atoms with Gasteiger partial charge in [0.2, 0.25) is 5.91 Å². The van der Waals surface area contributed by atoms with Gasteiger partial charge in [-0.05, 0) is 85.8 Å². The van der Waals surface area contributed by atoms with Gasteiger partial charge in [0, 0.05) is 43.2 Å². The number of likely N-dealkylation sites (tertiary alicyclic amines) is 1. The SMILES string of the molecule is CC(C)(C)NC(=O)[C@H]1CC[C@H]2CCCC[C@H]2N1C[C@@H]1C[C@H](c2ccc(CO)cc2)O[C@H](c2ccc(-c3ccccc3CNC(=O)NCc3ccccc3)cc2)O1. The molecule has 0 aromatic heterocycles. The van der Waals surface area contributed by atoms with Crippen LogP contribution in [0.3, 0.4) is 0 Å². The quantitative estimate of drug-likeness (QED) is 0.122. The Hall–Kier alpha value is -4.54. The highest BCUT2D eigenvalue weighted by molar-refractivity contribution is 5.82. The smallest absolute Gasteiger partial charge is 0.315 e. The summed E-state index contributed by atoms with van der Waals surface area (Å²) in [7, 11) is 0. The maximum atomic E-state index is 13.8. The molecule has 0 spiro atoms. The van der Waals surface area contributed by atoms with Crippen molar-refractivity contribution in [2.45, 2.75) is 122 Å². The number of rotatable bonds is 11. The Bertz CT molecular complexity index is 1890. The third kappa shape index (κ3) is 10.1. The van der Waals surface area contributed by atoms with Crippen molar-refractivity contribution in [1.82, 2.24) is 20.9 Å². The number of carbonyl (C=O) groups excluding carboxylic acids is 2. The molecule has 2 saturated heterocycles. The summed E-state index contributed by atoms with van der Waals surface area (Å²) in [6.07, 6.45) is 6.40. The zero-order valence-electron chi connectivity index (χ0n) is 33.1. The Morgan fingerprint density at radius 1 is 0.750 bits per heavy atom. The molecule has 56 heavy (non-hydrogen) atoms. The number of hydrogen-bond acceptors (Lipinski definition) is 6. The standard InChI is InChI=1S/C47H58N4O5/c1-47(2,3)50-44(53)42-26-25-35-13-8-10-16-41(35)51(42)30-39-27-43(36-19-17-33(31-52)18-20-36)56-45(55-39)37-23-21-34(22-24-37)40-15-9-7-14-38(40)29-49-46(54)48-28-32-11-5-4-6-12-32/h4-7,9,11-12,14-15,17-24,35,39,41-43,45,52H,8,10,13,16,25-31H2,1-3H3,(H,50,53)(H2,48,49,54)/t35-,39+,41-,42-,43-,45-/m1/s1. The van der Waals surface area contributed by atoms with Gasteiger partial charge in [0.05, 0.1) is 24.9 Å². The molecular formula is C47H58N4O5. The first kappa shape index (κ1) is 39.7. The topological polar surface area (TPSA) is 112 Å². The summed E-state index contributed by atoms with van der Waals surface area (Å²) in [6.45, 7) is 7.64. The molecule has 9 nitrogen and oxygen atoms in total. The first-order valence-corrected chi connectivity index (χ1v) is 20.5. The Morgan fingerprint density at radius 2 is 1.45 bits per heavy atom. The van der Waals surface area contributed by atoms with Crippen LogP contribution in [0.15, 0.2) is 103 Å². The van der Waals surface area contributed by atoms with Crippen molar-refractivity contribution in [3.63, 3.8) is 0 Å². The van der Waals surface area contributed by atoms with Crippen molar-refractivity contribution in [2.75, 3.05) is 6.54 Å². The summed E-state index contributed by atoms with van der Waals surface area (Å²) in [5.74, 6) is 0.717. The van der Waals surface area contributed by atoms with E-state index in [9.17, 15) is 14.7 Å². The van der Waals surface area contributed by atoms with Crippen LogP contribution >= 0.6 is 0 Å². The van der Waals surface area contributed by atoms with Crippen LogP contribution in [-0.2, 0) is 34.0 Å². The van der Waals surface area contributed by atoms with E-state index in [4.69, 9.17) is 9.47 Å². The molecule has 3 amide bonds. The molecule has 6 atom stereocenters. The molecule has 3 fully saturated rings. The fraction of sp³-hybridized carbons (Fsp3) is 0.447. The molecule has 0 bridgehead atoms. The number of benzene rings is 4. The summed E-state index contributed by atoms with van der Waals surface area (Å²) in [5, 5.41) is 19.0. The Kier molecular flexibility index (Phi) is 12.9. The number of urea groups is 1. The lowest BCUT2D eigenvalue weighted by atomic mass is 9.75. The summed E-state index contributed by atoms with van der Waals surface area (Å²) < 4.78 is 13.6. The average Bonchev–Trinajstić information content (AvgIpc) is 3.22. The maximum absolute atomic E-state index is 13.8. The predicted molar refractivity (Wildman–Crippen MR) is 219 cm³/mol. The highest BCUT2D eigenvalue weighted by Gasteiger charge is 2.44. The first-order valence-electron chi connectivity index (χ1n) is 20.5. The van der Waals surface area contributed by atoms with Crippen LogP contribution in [0.1, 0.15) is 106 Å². The minimum atomic E-state index is -0.607. The van der Waals surface area contributed by atoms with Gasteiger partial charge >= 0.3 is 6.03 Å². The Morgan fingerprint density at radius 3 is 2.20 bits per heavy atom. The van der Waals surface area contributed by atoms with E-state index in [-0.39, 0.29) is 42.3 Å². The first-order chi connectivity index (χ1) is 27.1. The van der Waals surface area contributed by atoms with Crippen LogP contribution in [0.25, 0.3) is 11.1 Å². The van der Waals surface area contributed by atoms with E-state index in [0.717, 1.165) is 58.2 Å². The average molecular weight is 759 g/mol. The van der Waals surface area contributed by atoms with E-state index in [2.05, 4.69) is 51.2 Å². The lowest BCUT2D eigenvalue weighted by Crippen LogP contribution is -2.61. The van der Waals surface area contributed by atoms with Crippen LogP contribution in [0, 0.1) is 5.92 Å². The number of nitrogens with one attached hydrogen (secondary N) is 3. The van der Waals surface area contributed by atoms with Gasteiger partial charge < -0.3 is 30.5 Å². The van der Waals surface area contributed by atoms with Crippen LogP contribution < -0.4 is 16.0 Å². The lowest BCUT2D eigenvalue weighted by molar-refractivity contribution is -0.255. The van der Waals surface area contributed by atoms with Gasteiger partial charge in [-0.3, -0.25) is 9.69 Å². The molecule has 296 valence electrons. The van der Waals surface area contributed by atoms with E-state index in [0.29, 0.717) is 38.0 Å². The number of ether oxygens (including phenoxy) is 2. The summed E-state index contributed by atoms with van der Waals surface area (Å²) in [4.78, 5) is 29.0. The van der Waals surface area contributed by atoms with Crippen molar-refractivity contribution >= 4 is 11.9 Å². The highest BCUT2D eigenvalue weighted by atomic mass is 16.7. The van der Waals surface area contributed by atoms with Gasteiger partial charge in [-0.25, -0.2) is 4.79 Å². The van der Waals surface area contributed by atoms with Gasteiger partial charge in [-0.1, -0.05) is 116 Å². The molecule has 4 aromatic carbocycles. The zero-order chi connectivity index (χ0) is 39.1. The van der Waals surface area contributed by atoms with Crippen LogP contribution in [0.5, 0.6) is 0 Å². The second-order valence-electron chi connectivity index (χ2n) is 16.8. The van der Waals surface area contributed by atoms with E-state index in [1.807, 2.05) is 93.6 Å². The fourth-order valence-electron chi connectivity index (χ4n) is 8.79. The van der Waals surface area contributed by atoms with Crippen molar-refractivity contribution in [3.8, 4) is 11.1 Å². The largest absolute Gasteiger partial charge is 0.392 e. The third-order valence-corrected chi connectivity index (χ3v) is 11.6. The van der Waals surface area contributed by atoms with Gasteiger partial charge in [-0.15, -0.1) is 0 Å². The molecule has 1 aliphatic carbocycles. The van der Waals surface area contributed by atoms with Crippen molar-refractivity contribution in [1.29, 1.82) is 0 Å². The number of aliphatic hydroxyl groups excluding tert-OH is 1. The third-order valence-electron chi connectivity index (χ3n) is 11.6. The minimum Gasteiger partial charge on any atom is -0.392 e. The van der Waals surface area contributed by atoms with Gasteiger partial charge in [0.25, 0.3) is 0 Å². The zero-order valence-corrected chi connectivity index (χ0v) is 33.1. The Balaban J connectivity index is 1.09. The molecule has 0 unspecified atom stereocenters. The fourth-order valence-corrected chi connectivity index (χ4v) is 8.79. The maximum Gasteiger partial charge on any atom is 0.315 e. The second kappa shape index (κ2) is 18.2. The molecule has 4 aromatic rings. The van der Waals surface area contributed by atoms with E-state index >= 15 is 0 Å². The van der Waals surface area contributed by atoms with Crippen LogP contribution in [0.2, 0.25) is 0 Å². The molecule has 2 aliphatic heterocycles. The number of aliphatic hydroxyl groups is 1. The molecule has 0 radical (unpaired) electrons. The molecule has 4 N–H and O–H groups in total. The predicted octanol–water partition coefficient (Wildman–Crippen LogP) is 8.33. The monoisotopic (exact) mass is 758 g/mol. The number of amides is 3. The van der Waals surface area contributed by atoms with E-state index in [1.165, 1.54) is 19.3 Å². The van der Waals surface area contributed by atoms with Crippen molar-refractivity contribution < 1.29 is 24.2 Å². The summed E-state index contributed by atoms with van der Waals surface area (Å²) >= 11 is 0.